The van der Waals surface area contributed by atoms with Gasteiger partial charge in [-0.15, -0.1) is 0 Å². The first-order valence-corrected chi connectivity index (χ1v) is 12.0. The summed E-state index contributed by atoms with van der Waals surface area (Å²) in [4.78, 5) is 4.63. The lowest BCUT2D eigenvalue weighted by Crippen LogP contribution is -2.40. The third-order valence-corrected chi connectivity index (χ3v) is 8.93. The largest absolute Gasteiger partial charge is 0.411 e. The highest BCUT2D eigenvalue weighted by Crippen LogP contribution is 2.36. The lowest BCUT2D eigenvalue weighted by molar-refractivity contribution is 0.0122. The molecule has 0 amide bonds. The Morgan fingerprint density at radius 2 is 1.44 bits per heavy atom. The predicted molar refractivity (Wildman–Crippen MR) is 103 cm³/mol. The summed E-state index contributed by atoms with van der Waals surface area (Å²) in [6, 6.07) is 5.99. The maximum atomic E-state index is 6.23. The molecule has 1 heterocycles. The highest BCUT2D eigenvalue weighted by atomic mass is 28.4. The molecule has 1 aromatic rings. The summed E-state index contributed by atoms with van der Waals surface area (Å²) in [7, 11) is -1.75. The Bertz CT molecular complexity index is 489. The average molecular weight is 370 g/mol. The number of hydrogen-bond acceptors (Lipinski definition) is 5. The number of aromatic nitrogens is 1. The zero-order valence-corrected chi connectivity index (χ0v) is 17.8. The first kappa shape index (κ1) is 22.2. The molecular formula is C19H35NO4Si. The molecule has 25 heavy (non-hydrogen) atoms. The minimum absolute atomic E-state index is 0.204. The molecule has 0 saturated heterocycles. The molecule has 0 spiro atoms. The van der Waals surface area contributed by atoms with E-state index in [4.69, 9.17) is 18.6 Å². The minimum Gasteiger partial charge on any atom is -0.411 e. The first-order valence-electron chi connectivity index (χ1n) is 9.08. The zero-order valence-electron chi connectivity index (χ0n) is 16.8. The molecule has 0 fully saturated rings. The van der Waals surface area contributed by atoms with Gasteiger partial charge in [0.25, 0.3) is 0 Å². The van der Waals surface area contributed by atoms with E-state index in [-0.39, 0.29) is 5.04 Å². The third-order valence-electron chi connectivity index (χ3n) is 4.45. The van der Waals surface area contributed by atoms with Gasteiger partial charge in [-0.3, -0.25) is 4.98 Å². The topological polar surface area (TPSA) is 49.8 Å². The van der Waals surface area contributed by atoms with E-state index in [0.29, 0.717) is 39.6 Å². The van der Waals surface area contributed by atoms with E-state index < -0.39 is 8.32 Å². The summed E-state index contributed by atoms with van der Waals surface area (Å²) in [5, 5.41) is 0.204. The number of pyridine rings is 1. The van der Waals surface area contributed by atoms with E-state index in [1.165, 1.54) is 0 Å². The molecule has 0 aliphatic heterocycles. The van der Waals surface area contributed by atoms with Gasteiger partial charge < -0.3 is 18.6 Å². The van der Waals surface area contributed by atoms with Crippen molar-refractivity contribution in [1.82, 2.24) is 4.98 Å². The van der Waals surface area contributed by atoms with Crippen LogP contribution in [0.3, 0.4) is 0 Å². The summed E-state index contributed by atoms with van der Waals surface area (Å²) < 4.78 is 22.5. The second-order valence-electron chi connectivity index (χ2n) is 7.53. The van der Waals surface area contributed by atoms with Crippen molar-refractivity contribution >= 4 is 8.32 Å². The van der Waals surface area contributed by atoms with Gasteiger partial charge in [0.15, 0.2) is 8.32 Å². The maximum Gasteiger partial charge on any atom is 0.192 e. The molecule has 0 aliphatic carbocycles. The standard InChI is InChI=1S/C19H35NO4Si/c1-7-21-11-12-22-13-14-23-15-17-9-8-10-18(20-17)16-24-25(5,6)19(2,3)4/h8-10H,7,11-16H2,1-6H3. The Balaban J connectivity index is 2.31. The van der Waals surface area contributed by atoms with E-state index in [1.807, 2.05) is 25.1 Å². The molecule has 0 saturated carbocycles. The van der Waals surface area contributed by atoms with Crippen LogP contribution in [0.4, 0.5) is 0 Å². The fourth-order valence-corrected chi connectivity index (χ4v) is 2.76. The van der Waals surface area contributed by atoms with Crippen LogP contribution in [0.5, 0.6) is 0 Å². The van der Waals surface area contributed by atoms with Gasteiger partial charge in [0.05, 0.1) is 51.0 Å². The number of nitrogens with zero attached hydrogens (tertiary/aromatic N) is 1. The van der Waals surface area contributed by atoms with Crippen molar-refractivity contribution in [3.05, 3.63) is 29.6 Å². The fourth-order valence-electron chi connectivity index (χ4n) is 1.82. The quantitative estimate of drug-likeness (QED) is 0.409. The SMILES string of the molecule is CCOCCOCCOCc1cccc(CO[Si](C)(C)C(C)(C)C)n1. The Morgan fingerprint density at radius 3 is 2.04 bits per heavy atom. The molecule has 0 radical (unpaired) electrons. The molecule has 144 valence electrons. The van der Waals surface area contributed by atoms with Crippen molar-refractivity contribution < 1.29 is 18.6 Å². The zero-order chi connectivity index (χ0) is 18.8. The van der Waals surface area contributed by atoms with Gasteiger partial charge in [0, 0.05) is 6.61 Å². The number of ether oxygens (including phenoxy) is 3. The predicted octanol–water partition coefficient (Wildman–Crippen LogP) is 4.17. The van der Waals surface area contributed by atoms with Crippen LogP contribution in [0.15, 0.2) is 18.2 Å². The Hall–Kier alpha value is -0.793. The van der Waals surface area contributed by atoms with Crippen LogP contribution in [0.2, 0.25) is 18.1 Å². The van der Waals surface area contributed by atoms with Gasteiger partial charge in [-0.2, -0.15) is 0 Å². The highest BCUT2D eigenvalue weighted by Gasteiger charge is 2.37. The summed E-state index contributed by atoms with van der Waals surface area (Å²) in [6.45, 7) is 17.4. The molecule has 0 unspecified atom stereocenters. The molecule has 6 heteroatoms. The van der Waals surface area contributed by atoms with Crippen molar-refractivity contribution in [2.45, 2.75) is 59.0 Å². The lowest BCUT2D eigenvalue weighted by atomic mass is 10.2. The molecule has 1 rings (SSSR count). The third kappa shape index (κ3) is 8.92. The van der Waals surface area contributed by atoms with Crippen molar-refractivity contribution in [2.75, 3.05) is 33.0 Å². The van der Waals surface area contributed by atoms with Crippen molar-refractivity contribution in [3.63, 3.8) is 0 Å². The Morgan fingerprint density at radius 1 is 0.880 bits per heavy atom. The van der Waals surface area contributed by atoms with E-state index in [9.17, 15) is 0 Å². The normalized spacial score (nSPS) is 12.6. The van der Waals surface area contributed by atoms with E-state index >= 15 is 0 Å². The number of hydrogen-bond donors (Lipinski definition) is 0. The first-order chi connectivity index (χ1) is 11.8. The van der Waals surface area contributed by atoms with Crippen LogP contribution in [-0.2, 0) is 31.9 Å². The Labute approximate surface area is 154 Å². The molecule has 0 aliphatic rings. The molecular weight excluding hydrogens is 334 g/mol. The molecule has 1 aromatic heterocycles. The van der Waals surface area contributed by atoms with E-state index in [1.54, 1.807) is 0 Å². The summed E-state index contributed by atoms with van der Waals surface area (Å²) in [5.41, 5.74) is 1.88. The second kappa shape index (κ2) is 11.0. The molecule has 0 atom stereocenters. The smallest absolute Gasteiger partial charge is 0.192 e. The van der Waals surface area contributed by atoms with Crippen LogP contribution >= 0.6 is 0 Å². The van der Waals surface area contributed by atoms with Gasteiger partial charge in [0.1, 0.15) is 0 Å². The minimum atomic E-state index is -1.75. The van der Waals surface area contributed by atoms with Gasteiger partial charge in [-0.25, -0.2) is 0 Å². The molecule has 0 aromatic carbocycles. The maximum absolute atomic E-state index is 6.23. The lowest BCUT2D eigenvalue weighted by Gasteiger charge is -2.36. The van der Waals surface area contributed by atoms with Crippen molar-refractivity contribution in [3.8, 4) is 0 Å². The van der Waals surface area contributed by atoms with Crippen LogP contribution < -0.4 is 0 Å². The van der Waals surface area contributed by atoms with Crippen molar-refractivity contribution in [1.29, 1.82) is 0 Å². The average Bonchev–Trinajstić information content (AvgIpc) is 2.55. The Kier molecular flexibility index (Phi) is 9.82. The van der Waals surface area contributed by atoms with Gasteiger partial charge in [0.2, 0.25) is 0 Å². The summed E-state index contributed by atoms with van der Waals surface area (Å²) >= 11 is 0. The van der Waals surface area contributed by atoms with Gasteiger partial charge in [-0.1, -0.05) is 26.8 Å². The van der Waals surface area contributed by atoms with Crippen LogP contribution in [0.25, 0.3) is 0 Å². The van der Waals surface area contributed by atoms with Crippen LogP contribution in [0, 0.1) is 0 Å². The summed E-state index contributed by atoms with van der Waals surface area (Å²) in [5.74, 6) is 0. The number of rotatable bonds is 12. The fraction of sp³-hybridized carbons (Fsp3) is 0.737. The van der Waals surface area contributed by atoms with Crippen LogP contribution in [-0.4, -0.2) is 46.3 Å². The van der Waals surface area contributed by atoms with Crippen LogP contribution in [0.1, 0.15) is 39.1 Å². The highest BCUT2D eigenvalue weighted by molar-refractivity contribution is 6.74. The van der Waals surface area contributed by atoms with Gasteiger partial charge in [-0.05, 0) is 37.2 Å². The molecule has 5 nitrogen and oxygen atoms in total. The molecule has 0 bridgehead atoms. The monoisotopic (exact) mass is 369 g/mol. The van der Waals surface area contributed by atoms with E-state index in [2.05, 4.69) is 38.8 Å². The van der Waals surface area contributed by atoms with E-state index in [0.717, 1.165) is 18.0 Å². The summed E-state index contributed by atoms with van der Waals surface area (Å²) in [6.07, 6.45) is 0. The molecule has 0 N–H and O–H groups in total. The van der Waals surface area contributed by atoms with Gasteiger partial charge >= 0.3 is 0 Å². The second-order valence-corrected chi connectivity index (χ2v) is 12.3. The van der Waals surface area contributed by atoms with Crippen molar-refractivity contribution in [2.24, 2.45) is 0 Å².